The molecule has 0 saturated carbocycles. The molecule has 0 radical (unpaired) electrons. The monoisotopic (exact) mass is 256 g/mol. The first-order valence-corrected chi connectivity index (χ1v) is 7.02. The number of nitrogens with one attached hydrogen (secondary N) is 1. The summed E-state index contributed by atoms with van der Waals surface area (Å²) >= 11 is 1.44. The minimum atomic E-state index is -0.343. The van der Waals surface area contributed by atoms with E-state index < -0.39 is 0 Å². The zero-order valence-electron chi connectivity index (χ0n) is 10.5. The number of ether oxygens (including phenoxy) is 1. The SMILES string of the molecule is CCCCCCNc1scnc1C(=O)OCC. The summed E-state index contributed by atoms with van der Waals surface area (Å²) in [5.41, 5.74) is 2.08. The summed E-state index contributed by atoms with van der Waals surface area (Å²) in [6.45, 7) is 5.25. The maximum absolute atomic E-state index is 11.5. The Labute approximate surface area is 106 Å². The molecular weight excluding hydrogens is 236 g/mol. The van der Waals surface area contributed by atoms with E-state index in [2.05, 4.69) is 17.2 Å². The minimum Gasteiger partial charge on any atom is -0.461 e. The summed E-state index contributed by atoms with van der Waals surface area (Å²) in [5, 5.41) is 4.07. The Morgan fingerprint density at radius 1 is 1.41 bits per heavy atom. The van der Waals surface area contributed by atoms with E-state index in [0.29, 0.717) is 12.3 Å². The van der Waals surface area contributed by atoms with Crippen molar-refractivity contribution in [2.45, 2.75) is 39.5 Å². The smallest absolute Gasteiger partial charge is 0.360 e. The molecule has 5 heteroatoms. The molecule has 17 heavy (non-hydrogen) atoms. The van der Waals surface area contributed by atoms with E-state index in [-0.39, 0.29) is 5.97 Å². The van der Waals surface area contributed by atoms with Crippen LogP contribution in [-0.4, -0.2) is 24.1 Å². The molecule has 0 aliphatic heterocycles. The van der Waals surface area contributed by atoms with Crippen LogP contribution in [-0.2, 0) is 4.74 Å². The lowest BCUT2D eigenvalue weighted by Gasteiger charge is -2.05. The van der Waals surface area contributed by atoms with Gasteiger partial charge in [-0.05, 0) is 13.3 Å². The first-order chi connectivity index (χ1) is 8.29. The molecule has 0 saturated heterocycles. The quantitative estimate of drug-likeness (QED) is 0.572. The van der Waals surface area contributed by atoms with Gasteiger partial charge in [0.1, 0.15) is 5.00 Å². The molecule has 1 aromatic rings. The van der Waals surface area contributed by atoms with Crippen molar-refractivity contribution in [3.63, 3.8) is 0 Å². The highest BCUT2D eigenvalue weighted by Gasteiger charge is 2.15. The molecule has 96 valence electrons. The Morgan fingerprint density at radius 3 is 2.94 bits per heavy atom. The number of carbonyl (C=O) groups is 1. The average molecular weight is 256 g/mol. The van der Waals surface area contributed by atoms with Crippen LogP contribution in [0.1, 0.15) is 50.0 Å². The van der Waals surface area contributed by atoms with Crippen molar-refractivity contribution in [3.8, 4) is 0 Å². The van der Waals surface area contributed by atoms with E-state index in [9.17, 15) is 4.79 Å². The molecular formula is C12H20N2O2S. The molecule has 0 bridgehead atoms. The lowest BCUT2D eigenvalue weighted by molar-refractivity contribution is 0.0521. The molecule has 1 heterocycles. The van der Waals surface area contributed by atoms with Gasteiger partial charge in [-0.15, -0.1) is 11.3 Å². The van der Waals surface area contributed by atoms with Gasteiger partial charge in [0.15, 0.2) is 5.69 Å². The van der Waals surface area contributed by atoms with Crippen LogP contribution in [0.2, 0.25) is 0 Å². The number of nitrogens with zero attached hydrogens (tertiary/aromatic N) is 1. The number of carbonyl (C=O) groups excluding carboxylic acids is 1. The predicted molar refractivity (Wildman–Crippen MR) is 70.7 cm³/mol. The molecule has 1 rings (SSSR count). The summed E-state index contributed by atoms with van der Waals surface area (Å²) in [5.74, 6) is -0.343. The summed E-state index contributed by atoms with van der Waals surface area (Å²) in [4.78, 5) is 15.6. The summed E-state index contributed by atoms with van der Waals surface area (Å²) < 4.78 is 4.94. The number of anilines is 1. The van der Waals surface area contributed by atoms with Crippen molar-refractivity contribution >= 4 is 22.3 Å². The van der Waals surface area contributed by atoms with Crippen molar-refractivity contribution in [3.05, 3.63) is 11.2 Å². The second kappa shape index (κ2) is 8.06. The molecule has 4 nitrogen and oxygen atoms in total. The highest BCUT2D eigenvalue weighted by atomic mass is 32.1. The number of thiazole rings is 1. The van der Waals surface area contributed by atoms with Gasteiger partial charge in [0.2, 0.25) is 0 Å². The van der Waals surface area contributed by atoms with E-state index in [1.54, 1.807) is 12.4 Å². The van der Waals surface area contributed by atoms with E-state index in [0.717, 1.165) is 18.0 Å². The number of rotatable bonds is 8. The highest BCUT2D eigenvalue weighted by Crippen LogP contribution is 2.21. The van der Waals surface area contributed by atoms with Crippen LogP contribution in [0, 0.1) is 0 Å². The third-order valence-corrected chi connectivity index (χ3v) is 3.14. The van der Waals surface area contributed by atoms with Crippen LogP contribution < -0.4 is 5.32 Å². The van der Waals surface area contributed by atoms with Crippen LogP contribution in [0.25, 0.3) is 0 Å². The average Bonchev–Trinajstić information content (AvgIpc) is 2.77. The maximum Gasteiger partial charge on any atom is 0.360 e. The van der Waals surface area contributed by atoms with Crippen LogP contribution >= 0.6 is 11.3 Å². The summed E-state index contributed by atoms with van der Waals surface area (Å²) in [6.07, 6.45) is 4.83. The van der Waals surface area contributed by atoms with Gasteiger partial charge in [-0.25, -0.2) is 9.78 Å². The number of hydrogen-bond donors (Lipinski definition) is 1. The third kappa shape index (κ3) is 4.73. The van der Waals surface area contributed by atoms with Crippen LogP contribution in [0.4, 0.5) is 5.00 Å². The minimum absolute atomic E-state index is 0.343. The molecule has 0 fully saturated rings. The Bertz CT molecular complexity index is 339. The zero-order valence-corrected chi connectivity index (χ0v) is 11.3. The van der Waals surface area contributed by atoms with E-state index in [1.807, 2.05) is 0 Å². The number of unbranched alkanes of at least 4 members (excludes halogenated alkanes) is 3. The van der Waals surface area contributed by atoms with Gasteiger partial charge in [-0.2, -0.15) is 0 Å². The van der Waals surface area contributed by atoms with Crippen LogP contribution in [0.3, 0.4) is 0 Å². The van der Waals surface area contributed by atoms with Gasteiger partial charge in [0.05, 0.1) is 12.1 Å². The lowest BCUT2D eigenvalue weighted by atomic mass is 10.2. The van der Waals surface area contributed by atoms with Crippen molar-refractivity contribution in [2.75, 3.05) is 18.5 Å². The predicted octanol–water partition coefficient (Wildman–Crippen LogP) is 3.31. The molecule has 0 aliphatic carbocycles. The zero-order chi connectivity index (χ0) is 12.5. The second-order valence-electron chi connectivity index (χ2n) is 3.74. The van der Waals surface area contributed by atoms with Crippen LogP contribution in [0.5, 0.6) is 0 Å². The molecule has 0 aromatic carbocycles. The van der Waals surface area contributed by atoms with Crippen molar-refractivity contribution in [1.82, 2.24) is 4.98 Å². The molecule has 1 aromatic heterocycles. The van der Waals surface area contributed by atoms with Crippen molar-refractivity contribution < 1.29 is 9.53 Å². The Hall–Kier alpha value is -1.10. The topological polar surface area (TPSA) is 51.2 Å². The molecule has 0 amide bonds. The number of esters is 1. The summed E-state index contributed by atoms with van der Waals surface area (Å²) in [6, 6.07) is 0. The first-order valence-electron chi connectivity index (χ1n) is 6.14. The third-order valence-electron chi connectivity index (χ3n) is 2.35. The first kappa shape index (κ1) is 14.0. The standard InChI is InChI=1S/C12H20N2O2S/c1-3-5-6-7-8-13-11-10(14-9-17-11)12(15)16-4-2/h9,13H,3-8H2,1-2H3. The Balaban J connectivity index is 2.38. The van der Waals surface area contributed by atoms with Gasteiger partial charge < -0.3 is 10.1 Å². The Morgan fingerprint density at radius 2 is 2.24 bits per heavy atom. The second-order valence-corrected chi connectivity index (χ2v) is 4.59. The summed E-state index contributed by atoms with van der Waals surface area (Å²) in [7, 11) is 0. The molecule has 0 atom stereocenters. The fraction of sp³-hybridized carbons (Fsp3) is 0.667. The molecule has 0 spiro atoms. The lowest BCUT2D eigenvalue weighted by Crippen LogP contribution is -2.09. The Kier molecular flexibility index (Phi) is 6.62. The van der Waals surface area contributed by atoms with E-state index >= 15 is 0 Å². The molecule has 0 unspecified atom stereocenters. The van der Waals surface area contributed by atoms with E-state index in [1.165, 1.54) is 30.6 Å². The molecule has 1 N–H and O–H groups in total. The molecule has 0 aliphatic rings. The van der Waals surface area contributed by atoms with E-state index in [4.69, 9.17) is 4.74 Å². The van der Waals surface area contributed by atoms with Crippen LogP contribution in [0.15, 0.2) is 5.51 Å². The highest BCUT2D eigenvalue weighted by molar-refractivity contribution is 7.14. The number of aromatic nitrogens is 1. The largest absolute Gasteiger partial charge is 0.461 e. The fourth-order valence-electron chi connectivity index (χ4n) is 1.47. The van der Waals surface area contributed by atoms with Crippen molar-refractivity contribution in [1.29, 1.82) is 0 Å². The fourth-order valence-corrected chi connectivity index (χ4v) is 2.17. The van der Waals surface area contributed by atoms with Gasteiger partial charge in [-0.1, -0.05) is 26.2 Å². The number of hydrogen-bond acceptors (Lipinski definition) is 5. The van der Waals surface area contributed by atoms with Gasteiger partial charge >= 0.3 is 5.97 Å². The van der Waals surface area contributed by atoms with Gasteiger partial charge in [0, 0.05) is 6.54 Å². The van der Waals surface area contributed by atoms with Crippen molar-refractivity contribution in [2.24, 2.45) is 0 Å². The van der Waals surface area contributed by atoms with Gasteiger partial charge in [0.25, 0.3) is 0 Å². The normalized spacial score (nSPS) is 10.2. The van der Waals surface area contributed by atoms with Gasteiger partial charge in [-0.3, -0.25) is 0 Å². The maximum atomic E-state index is 11.5.